The Bertz CT molecular complexity index is 1680. The summed E-state index contributed by atoms with van der Waals surface area (Å²) in [6.45, 7) is 6.38. The quantitative estimate of drug-likeness (QED) is 0.119. The van der Waals surface area contributed by atoms with Gasteiger partial charge in [0.1, 0.15) is 23.5 Å². The first-order valence-corrected chi connectivity index (χ1v) is 16.1. The number of amides is 3. The lowest BCUT2D eigenvalue weighted by Crippen LogP contribution is -2.44. The SMILES string of the molecule is CNc1cccc(-c2cccc(OC3C[C@@H](C(=O)OC)N(C(=O)OC(C)(C)C)C3)c2)c1C=NCCCCN1C(=O)c2ccccc2C1=O. The molecule has 2 aliphatic heterocycles. The van der Waals surface area contributed by atoms with Crippen LogP contribution in [0.5, 0.6) is 5.75 Å². The molecular weight excluding hydrogens is 612 g/mol. The Labute approximate surface area is 280 Å². The second-order valence-corrected chi connectivity index (χ2v) is 12.7. The monoisotopic (exact) mass is 654 g/mol. The van der Waals surface area contributed by atoms with E-state index in [2.05, 4.69) is 10.3 Å². The number of fused-ring (bicyclic) bond motifs is 1. The molecule has 48 heavy (non-hydrogen) atoms. The molecule has 5 rings (SSSR count). The summed E-state index contributed by atoms with van der Waals surface area (Å²) in [5, 5.41) is 3.24. The Morgan fingerprint density at radius 1 is 0.958 bits per heavy atom. The molecule has 0 saturated carbocycles. The number of imide groups is 1. The molecule has 0 spiro atoms. The first-order chi connectivity index (χ1) is 23.0. The fourth-order valence-electron chi connectivity index (χ4n) is 5.94. The molecule has 3 amide bonds. The number of anilines is 1. The van der Waals surface area contributed by atoms with E-state index < -0.39 is 29.8 Å². The summed E-state index contributed by atoms with van der Waals surface area (Å²) < 4.78 is 16.8. The Hall–Kier alpha value is -5.19. The Morgan fingerprint density at radius 2 is 1.65 bits per heavy atom. The van der Waals surface area contributed by atoms with E-state index in [9.17, 15) is 19.2 Å². The maximum Gasteiger partial charge on any atom is 0.411 e. The van der Waals surface area contributed by atoms with Crippen LogP contribution in [0.4, 0.5) is 10.5 Å². The van der Waals surface area contributed by atoms with Gasteiger partial charge in [-0.1, -0.05) is 36.4 Å². The summed E-state index contributed by atoms with van der Waals surface area (Å²) in [7, 11) is 3.15. The van der Waals surface area contributed by atoms with Crippen molar-refractivity contribution in [1.82, 2.24) is 9.80 Å². The highest BCUT2D eigenvalue weighted by Gasteiger charge is 2.43. The van der Waals surface area contributed by atoms with E-state index in [1.165, 1.54) is 16.9 Å². The van der Waals surface area contributed by atoms with Gasteiger partial charge in [0, 0.05) is 44.0 Å². The third-order valence-corrected chi connectivity index (χ3v) is 8.20. The fourth-order valence-corrected chi connectivity index (χ4v) is 5.94. The molecule has 0 bridgehead atoms. The number of aliphatic imine (C=N–C) groups is 1. The van der Waals surface area contributed by atoms with Gasteiger partial charge in [0.15, 0.2) is 0 Å². The molecule has 0 aromatic heterocycles. The molecule has 11 heteroatoms. The van der Waals surface area contributed by atoms with Crippen molar-refractivity contribution < 1.29 is 33.4 Å². The van der Waals surface area contributed by atoms with Crippen molar-refractivity contribution >= 4 is 35.8 Å². The Morgan fingerprint density at radius 3 is 2.31 bits per heavy atom. The number of carbonyl (C=O) groups excluding carboxylic acids is 4. The molecule has 0 aliphatic carbocycles. The molecule has 11 nitrogen and oxygen atoms in total. The van der Waals surface area contributed by atoms with Crippen LogP contribution in [0, 0.1) is 0 Å². The van der Waals surface area contributed by atoms with E-state index in [4.69, 9.17) is 14.2 Å². The van der Waals surface area contributed by atoms with E-state index in [1.807, 2.05) is 55.7 Å². The Balaban J connectivity index is 1.24. The second-order valence-electron chi connectivity index (χ2n) is 12.7. The summed E-state index contributed by atoms with van der Waals surface area (Å²) in [5.41, 5.74) is 3.86. The third-order valence-electron chi connectivity index (χ3n) is 8.20. The van der Waals surface area contributed by atoms with Crippen molar-refractivity contribution in [3.05, 3.63) is 83.4 Å². The van der Waals surface area contributed by atoms with E-state index in [0.717, 1.165) is 22.4 Å². The lowest BCUT2D eigenvalue weighted by atomic mass is 9.98. The predicted octanol–water partition coefficient (Wildman–Crippen LogP) is 5.82. The number of esters is 1. The van der Waals surface area contributed by atoms with Crippen LogP contribution in [0.1, 0.15) is 66.3 Å². The average Bonchev–Trinajstić information content (AvgIpc) is 3.60. The first-order valence-electron chi connectivity index (χ1n) is 16.1. The van der Waals surface area contributed by atoms with Crippen LogP contribution >= 0.6 is 0 Å². The van der Waals surface area contributed by atoms with Crippen molar-refractivity contribution in [2.24, 2.45) is 4.99 Å². The van der Waals surface area contributed by atoms with Crippen molar-refractivity contribution in [3.8, 4) is 16.9 Å². The summed E-state index contributed by atoms with van der Waals surface area (Å²) in [5.74, 6) is -0.404. The van der Waals surface area contributed by atoms with Gasteiger partial charge in [-0.3, -0.25) is 24.4 Å². The maximum absolute atomic E-state index is 12.9. The number of benzene rings is 3. The van der Waals surface area contributed by atoms with E-state index in [0.29, 0.717) is 42.8 Å². The van der Waals surface area contributed by atoms with Gasteiger partial charge < -0.3 is 19.5 Å². The maximum atomic E-state index is 12.9. The number of rotatable bonds is 11. The lowest BCUT2D eigenvalue weighted by molar-refractivity contribution is -0.145. The highest BCUT2D eigenvalue weighted by atomic mass is 16.6. The number of nitrogens with one attached hydrogen (secondary N) is 1. The van der Waals surface area contributed by atoms with E-state index in [1.54, 1.807) is 45.0 Å². The Kier molecular flexibility index (Phi) is 10.5. The van der Waals surface area contributed by atoms with E-state index in [-0.39, 0.29) is 24.8 Å². The van der Waals surface area contributed by atoms with Crippen LogP contribution < -0.4 is 10.1 Å². The highest BCUT2D eigenvalue weighted by Crippen LogP contribution is 2.32. The molecule has 2 aliphatic rings. The average molecular weight is 655 g/mol. The zero-order valence-corrected chi connectivity index (χ0v) is 28.0. The van der Waals surface area contributed by atoms with Crippen LogP contribution in [-0.2, 0) is 14.3 Å². The van der Waals surface area contributed by atoms with Crippen LogP contribution in [0.3, 0.4) is 0 Å². The number of carbonyl (C=O) groups is 4. The van der Waals surface area contributed by atoms with Gasteiger partial charge in [-0.25, -0.2) is 9.59 Å². The fraction of sp³-hybridized carbons (Fsp3) is 0.378. The number of methoxy groups -OCH3 is 1. The minimum absolute atomic E-state index is 0.180. The summed E-state index contributed by atoms with van der Waals surface area (Å²) in [4.78, 5) is 58.1. The lowest BCUT2D eigenvalue weighted by Gasteiger charge is -2.27. The minimum atomic E-state index is -0.805. The molecule has 1 unspecified atom stereocenters. The predicted molar refractivity (Wildman–Crippen MR) is 183 cm³/mol. The van der Waals surface area contributed by atoms with Crippen LogP contribution in [-0.4, -0.2) is 91.4 Å². The van der Waals surface area contributed by atoms with Crippen molar-refractivity contribution in [1.29, 1.82) is 0 Å². The zero-order chi connectivity index (χ0) is 34.4. The first kappa shape index (κ1) is 34.2. The molecule has 3 aromatic carbocycles. The number of nitrogens with zero attached hydrogens (tertiary/aromatic N) is 3. The number of unbranched alkanes of at least 4 members (excludes halogenated alkanes) is 1. The van der Waals surface area contributed by atoms with Crippen LogP contribution in [0.15, 0.2) is 71.7 Å². The molecule has 0 radical (unpaired) electrons. The van der Waals surface area contributed by atoms with Crippen molar-refractivity contribution in [3.63, 3.8) is 0 Å². The topological polar surface area (TPSA) is 127 Å². The summed E-state index contributed by atoms with van der Waals surface area (Å²) in [6, 6.07) is 19.7. The second kappa shape index (κ2) is 14.7. The molecule has 1 fully saturated rings. The van der Waals surface area contributed by atoms with Gasteiger partial charge >= 0.3 is 12.1 Å². The zero-order valence-electron chi connectivity index (χ0n) is 28.0. The molecule has 1 saturated heterocycles. The number of ether oxygens (including phenoxy) is 3. The largest absolute Gasteiger partial charge is 0.488 e. The van der Waals surface area contributed by atoms with Gasteiger partial charge in [0.2, 0.25) is 0 Å². The number of hydrogen-bond acceptors (Lipinski definition) is 9. The van der Waals surface area contributed by atoms with Gasteiger partial charge in [-0.15, -0.1) is 0 Å². The van der Waals surface area contributed by atoms with Crippen molar-refractivity contribution in [2.75, 3.05) is 39.1 Å². The minimum Gasteiger partial charge on any atom is -0.488 e. The standard InChI is InChI=1S/C37H42N4O7/c1-37(2,3)48-36(45)41-23-26(21-32(41)35(44)46-5)47-25-13-10-12-24(20-25)27-16-11-17-31(38-4)30(27)22-39-18-8-9-19-40-33(42)28-14-6-7-15-29(28)34(40)43/h6-7,10-17,20,22,26,32,38H,8-9,18-19,21,23H2,1-5H3/t26?,32-/m0/s1. The van der Waals surface area contributed by atoms with Gasteiger partial charge in [-0.2, -0.15) is 0 Å². The normalized spacial score (nSPS) is 17.5. The van der Waals surface area contributed by atoms with Crippen LogP contribution in [0.25, 0.3) is 11.1 Å². The van der Waals surface area contributed by atoms with Crippen LogP contribution in [0.2, 0.25) is 0 Å². The number of hydrogen-bond donors (Lipinski definition) is 1. The third kappa shape index (κ3) is 7.67. The van der Waals surface area contributed by atoms with Gasteiger partial charge in [0.05, 0.1) is 24.8 Å². The summed E-state index contributed by atoms with van der Waals surface area (Å²) in [6.07, 6.45) is 2.44. The molecule has 3 aromatic rings. The van der Waals surface area contributed by atoms with Gasteiger partial charge in [0.25, 0.3) is 11.8 Å². The molecular formula is C37H42N4O7. The summed E-state index contributed by atoms with van der Waals surface area (Å²) >= 11 is 0. The van der Waals surface area contributed by atoms with Gasteiger partial charge in [-0.05, 0) is 75.1 Å². The van der Waals surface area contributed by atoms with E-state index >= 15 is 0 Å². The molecule has 1 N–H and O–H groups in total. The van der Waals surface area contributed by atoms with Crippen molar-refractivity contribution in [2.45, 2.75) is 57.8 Å². The molecule has 2 heterocycles. The smallest absolute Gasteiger partial charge is 0.411 e. The highest BCUT2D eigenvalue weighted by molar-refractivity contribution is 6.21. The number of likely N-dealkylation sites (tertiary alicyclic amines) is 1. The molecule has 2 atom stereocenters. The molecule has 252 valence electrons.